The van der Waals surface area contributed by atoms with Crippen molar-refractivity contribution >= 4 is 34.0 Å². The minimum absolute atomic E-state index is 0.196. The molecule has 0 N–H and O–H groups in total. The van der Waals surface area contributed by atoms with Crippen molar-refractivity contribution in [3.05, 3.63) is 23.8 Å². The molecule has 0 fully saturated rings. The van der Waals surface area contributed by atoms with Crippen LogP contribution in [0.1, 0.15) is 18.9 Å². The monoisotopic (exact) mass is 427 g/mol. The predicted octanol–water partition coefficient (Wildman–Crippen LogP) is 2.80. The van der Waals surface area contributed by atoms with E-state index < -0.39 is 23.5 Å². The molecule has 0 aromatic heterocycles. The van der Waals surface area contributed by atoms with Gasteiger partial charge in [0.1, 0.15) is 0 Å². The van der Waals surface area contributed by atoms with Crippen LogP contribution in [0.4, 0.5) is 0 Å². The summed E-state index contributed by atoms with van der Waals surface area (Å²) in [6, 6.07) is 4.71. The number of nitrogens with zero attached hydrogens (tertiary/aromatic N) is 1. The standard InChI is InChI=1S/C12H17NO3S.2ClH.Ru/c1-5-8-16-12-7-6-11(9-10(12)2)17(14,15)13(3)4;;;/h2,6-7,9H,5,8H2,1,3-4H3;2*1H;/q;;;+2/p-2. The topological polar surface area (TPSA) is 46.6 Å². The van der Waals surface area contributed by atoms with Crippen molar-refractivity contribution < 1.29 is 26.7 Å². The molecule has 1 aromatic carbocycles. The van der Waals surface area contributed by atoms with Gasteiger partial charge in [-0.05, 0) is 0 Å². The Balaban J connectivity index is 3.31. The molecule has 4 nitrogen and oxygen atoms in total. The quantitative estimate of drug-likeness (QED) is 0.657. The van der Waals surface area contributed by atoms with Gasteiger partial charge in [0.05, 0.1) is 0 Å². The van der Waals surface area contributed by atoms with Gasteiger partial charge in [0.25, 0.3) is 0 Å². The first-order chi connectivity index (χ1) is 9.28. The van der Waals surface area contributed by atoms with Crippen molar-refractivity contribution in [1.82, 2.24) is 4.31 Å². The van der Waals surface area contributed by atoms with Crippen LogP contribution in [-0.2, 0) is 23.5 Å². The van der Waals surface area contributed by atoms with E-state index >= 15 is 0 Å². The minimum atomic E-state index is -3.48. The molecule has 20 heavy (non-hydrogen) atoms. The van der Waals surface area contributed by atoms with E-state index in [2.05, 4.69) is 0 Å². The van der Waals surface area contributed by atoms with Crippen LogP contribution in [0.25, 0.3) is 0 Å². The summed E-state index contributed by atoms with van der Waals surface area (Å²) in [7, 11) is 11.3. The van der Waals surface area contributed by atoms with Gasteiger partial charge in [-0.3, -0.25) is 0 Å². The molecule has 0 aliphatic rings. The van der Waals surface area contributed by atoms with Crippen LogP contribution in [0.5, 0.6) is 5.75 Å². The molecule has 1 rings (SSSR count). The van der Waals surface area contributed by atoms with Gasteiger partial charge in [-0.15, -0.1) is 0 Å². The number of halogens is 2. The summed E-state index contributed by atoms with van der Waals surface area (Å²) in [6.07, 6.45) is 0.861. The van der Waals surface area contributed by atoms with Gasteiger partial charge in [-0.25, -0.2) is 0 Å². The fourth-order valence-corrected chi connectivity index (χ4v) is 4.13. The first-order valence-corrected chi connectivity index (χ1v) is 12.7. The van der Waals surface area contributed by atoms with Crippen molar-refractivity contribution in [2.24, 2.45) is 0 Å². The Bertz CT molecular complexity index is 599. The van der Waals surface area contributed by atoms with Crippen molar-refractivity contribution in [3.63, 3.8) is 0 Å². The summed E-state index contributed by atoms with van der Waals surface area (Å²) in [6.45, 7) is 2.55. The molecule has 8 heteroatoms. The fraction of sp³-hybridized carbons (Fsp3) is 0.417. The van der Waals surface area contributed by atoms with Gasteiger partial charge in [-0.2, -0.15) is 0 Å². The number of ether oxygens (including phenoxy) is 1. The van der Waals surface area contributed by atoms with Crippen LogP contribution in [0.15, 0.2) is 23.1 Å². The van der Waals surface area contributed by atoms with E-state index in [0.29, 0.717) is 17.9 Å². The van der Waals surface area contributed by atoms with Crippen molar-refractivity contribution in [3.8, 4) is 5.75 Å². The van der Waals surface area contributed by atoms with Gasteiger partial charge in [0.15, 0.2) is 0 Å². The van der Waals surface area contributed by atoms with E-state index in [0.717, 1.165) is 10.7 Å². The Morgan fingerprint density at radius 1 is 1.35 bits per heavy atom. The van der Waals surface area contributed by atoms with E-state index in [1.807, 2.05) is 6.92 Å². The van der Waals surface area contributed by atoms with Gasteiger partial charge < -0.3 is 0 Å². The van der Waals surface area contributed by atoms with Crippen LogP contribution in [0.3, 0.4) is 0 Å². The number of rotatable bonds is 6. The van der Waals surface area contributed by atoms with Crippen LogP contribution in [-0.4, -0.2) is 38.0 Å². The zero-order chi connectivity index (χ0) is 15.3. The zero-order valence-corrected chi connectivity index (χ0v) is 15.5. The molecule has 0 atom stereocenters. The van der Waals surface area contributed by atoms with E-state index in [1.54, 1.807) is 16.7 Å². The average Bonchev–Trinajstić information content (AvgIpc) is 2.36. The van der Waals surface area contributed by atoms with Gasteiger partial charge in [-0.1, -0.05) is 0 Å². The molecule has 0 bridgehead atoms. The number of hydrogen-bond acceptors (Lipinski definition) is 3. The van der Waals surface area contributed by atoms with Gasteiger partial charge in [0.2, 0.25) is 0 Å². The van der Waals surface area contributed by atoms with Gasteiger partial charge in [0, 0.05) is 0 Å². The van der Waals surface area contributed by atoms with E-state index in [-0.39, 0.29) is 4.90 Å². The van der Waals surface area contributed by atoms with Gasteiger partial charge >= 0.3 is 133 Å². The third-order valence-electron chi connectivity index (χ3n) is 2.41. The molecule has 0 heterocycles. The molecule has 0 saturated heterocycles. The summed E-state index contributed by atoms with van der Waals surface area (Å²) in [5.74, 6) is 0.601. The normalized spacial score (nSPS) is 12.4. The summed E-state index contributed by atoms with van der Waals surface area (Å²) in [5, 5.41) is 0. The number of sulfonamides is 1. The maximum atomic E-state index is 12.1. The molecular formula is C12H17Cl2NO3RuS. The molecule has 1 aromatic rings. The second-order valence-corrected chi connectivity index (χ2v) is 12.0. The van der Waals surface area contributed by atoms with Crippen molar-refractivity contribution in [2.75, 3.05) is 20.7 Å². The molecule has 0 aliphatic heterocycles. The molecule has 0 saturated carbocycles. The van der Waals surface area contributed by atoms with Crippen LogP contribution in [0.2, 0.25) is 0 Å². The second kappa shape index (κ2) is 7.85. The maximum absolute atomic E-state index is 12.1. The Morgan fingerprint density at radius 2 is 2.00 bits per heavy atom. The summed E-state index contributed by atoms with van der Waals surface area (Å²) in [4.78, 5) is 0.196. The SMILES string of the molecule is CCCOc1ccc(S(=O)(=O)N(C)C)cc1[CH]=[Ru]([Cl])[Cl]. The zero-order valence-electron chi connectivity index (χ0n) is 11.4. The Morgan fingerprint density at radius 3 is 2.50 bits per heavy atom. The molecule has 0 radical (unpaired) electrons. The van der Waals surface area contributed by atoms with Crippen LogP contribution >= 0.6 is 19.4 Å². The predicted molar refractivity (Wildman–Crippen MR) is 80.0 cm³/mol. The Hall–Kier alpha value is 0.00338. The fourth-order valence-electron chi connectivity index (χ4n) is 1.40. The molecular weight excluding hydrogens is 410 g/mol. The molecule has 0 aliphatic carbocycles. The second-order valence-electron chi connectivity index (χ2n) is 4.14. The first-order valence-electron chi connectivity index (χ1n) is 5.81. The third-order valence-corrected chi connectivity index (χ3v) is 6.05. The molecule has 0 amide bonds. The van der Waals surface area contributed by atoms with E-state index in [4.69, 9.17) is 24.1 Å². The van der Waals surface area contributed by atoms with E-state index in [1.165, 1.54) is 20.2 Å². The van der Waals surface area contributed by atoms with Crippen LogP contribution < -0.4 is 4.74 Å². The average molecular weight is 427 g/mol. The first kappa shape index (κ1) is 18.1. The molecule has 116 valence electrons. The molecule has 0 spiro atoms. The summed E-state index contributed by atoms with van der Waals surface area (Å²) in [5.41, 5.74) is 0.630. The Labute approximate surface area is 133 Å². The van der Waals surface area contributed by atoms with E-state index in [9.17, 15) is 8.42 Å². The number of hydrogen-bond donors (Lipinski definition) is 0. The third kappa shape index (κ3) is 4.78. The Kier molecular flexibility index (Phi) is 7.09. The summed E-state index contributed by atoms with van der Waals surface area (Å²) < 4.78 is 32.7. The van der Waals surface area contributed by atoms with Crippen molar-refractivity contribution in [1.29, 1.82) is 0 Å². The van der Waals surface area contributed by atoms with Crippen molar-refractivity contribution in [2.45, 2.75) is 18.2 Å². The summed E-state index contributed by atoms with van der Waals surface area (Å²) >= 11 is -2.07. The number of benzene rings is 1. The molecule has 0 unspecified atom stereocenters. The van der Waals surface area contributed by atoms with Crippen LogP contribution in [0, 0.1) is 0 Å².